The highest BCUT2D eigenvalue weighted by Gasteiger charge is 2.17. The smallest absolute Gasteiger partial charge is 0.249 e. The Kier molecular flexibility index (Phi) is 3.93. The first-order chi connectivity index (χ1) is 12.6. The number of rotatable bonds is 4. The highest BCUT2D eigenvalue weighted by Crippen LogP contribution is 2.32. The molecule has 0 bridgehead atoms. The lowest BCUT2D eigenvalue weighted by Gasteiger charge is -2.09. The molecule has 0 aliphatic heterocycles. The molecule has 1 radical (unpaired) electrons. The van der Waals surface area contributed by atoms with E-state index in [1.807, 2.05) is 22.8 Å². The summed E-state index contributed by atoms with van der Waals surface area (Å²) < 4.78 is 15.6. The van der Waals surface area contributed by atoms with E-state index in [9.17, 15) is 14.3 Å². The summed E-state index contributed by atoms with van der Waals surface area (Å²) in [4.78, 5) is 11.9. The number of benzene rings is 3. The van der Waals surface area contributed by atoms with Gasteiger partial charge in [0.25, 0.3) is 0 Å². The summed E-state index contributed by atoms with van der Waals surface area (Å²) in [6.45, 7) is 0.305. The maximum absolute atomic E-state index is 13.6. The van der Waals surface area contributed by atoms with Crippen LogP contribution in [-0.4, -0.2) is 15.6 Å². The molecule has 26 heavy (non-hydrogen) atoms. The van der Waals surface area contributed by atoms with Crippen LogP contribution >= 0.6 is 0 Å². The van der Waals surface area contributed by atoms with E-state index in [0.29, 0.717) is 17.7 Å². The molecule has 0 saturated carbocycles. The van der Waals surface area contributed by atoms with Crippen molar-refractivity contribution in [2.24, 2.45) is 5.73 Å². The molecule has 1 heterocycles. The van der Waals surface area contributed by atoms with Gasteiger partial charge in [0.05, 0.1) is 17.6 Å². The van der Waals surface area contributed by atoms with Crippen LogP contribution in [0.1, 0.15) is 21.5 Å². The van der Waals surface area contributed by atoms with Gasteiger partial charge in [0.15, 0.2) is 0 Å². The second-order valence-corrected chi connectivity index (χ2v) is 6.21. The first kappa shape index (κ1) is 16.3. The Morgan fingerprint density at radius 3 is 2.65 bits per heavy atom. The Bertz CT molecular complexity index is 1150. The average molecular weight is 347 g/mol. The van der Waals surface area contributed by atoms with Gasteiger partial charge in [-0.25, -0.2) is 4.39 Å². The number of hydrogen-bond donors (Lipinski definition) is 2. The van der Waals surface area contributed by atoms with Crippen molar-refractivity contribution in [1.82, 2.24) is 4.57 Å². The molecule has 0 saturated heterocycles. The Labute approximate surface area is 149 Å². The van der Waals surface area contributed by atoms with E-state index < -0.39 is 5.91 Å². The SMILES string of the molecule is NC(=O)c1cccc2c1c1[c]cc(CO)cc1n2Cc1cccc(F)c1. The largest absolute Gasteiger partial charge is 0.392 e. The molecule has 1 aromatic heterocycles. The standard InChI is InChI=1S/C21H16FN2O2/c22-15-4-1-3-13(9-15)11-24-18-6-2-5-17(21(23)26)20(18)16-8-7-14(12-25)10-19(16)24/h1-7,9-10,25H,11-12H2,(H2,23,26). The predicted molar refractivity (Wildman–Crippen MR) is 98.2 cm³/mol. The van der Waals surface area contributed by atoms with E-state index in [0.717, 1.165) is 27.4 Å². The number of primary amides is 1. The normalized spacial score (nSPS) is 11.3. The summed E-state index contributed by atoms with van der Waals surface area (Å²) in [5.74, 6) is -0.816. The van der Waals surface area contributed by atoms with Crippen LogP contribution in [0.4, 0.5) is 4.39 Å². The highest BCUT2D eigenvalue weighted by atomic mass is 19.1. The number of aliphatic hydroxyl groups excluding tert-OH is 1. The van der Waals surface area contributed by atoms with Gasteiger partial charge in [-0.1, -0.05) is 18.2 Å². The van der Waals surface area contributed by atoms with Crippen LogP contribution in [0.25, 0.3) is 21.8 Å². The summed E-state index contributed by atoms with van der Waals surface area (Å²) in [6, 6.07) is 18.5. The summed E-state index contributed by atoms with van der Waals surface area (Å²) in [5.41, 5.74) is 9.10. The van der Waals surface area contributed by atoms with Crippen molar-refractivity contribution in [3.63, 3.8) is 0 Å². The molecule has 4 aromatic rings. The van der Waals surface area contributed by atoms with Gasteiger partial charge in [-0.05, 0) is 53.6 Å². The lowest BCUT2D eigenvalue weighted by Crippen LogP contribution is -2.11. The van der Waals surface area contributed by atoms with Crippen molar-refractivity contribution in [3.8, 4) is 0 Å². The van der Waals surface area contributed by atoms with Gasteiger partial charge in [-0.3, -0.25) is 4.79 Å². The summed E-state index contributed by atoms with van der Waals surface area (Å²) in [5, 5.41) is 11.0. The summed E-state index contributed by atoms with van der Waals surface area (Å²) in [7, 11) is 0. The van der Waals surface area contributed by atoms with Gasteiger partial charge >= 0.3 is 0 Å². The van der Waals surface area contributed by atoms with Gasteiger partial charge in [0.1, 0.15) is 5.82 Å². The third-order valence-electron chi connectivity index (χ3n) is 4.53. The molecule has 5 heteroatoms. The third-order valence-corrected chi connectivity index (χ3v) is 4.53. The summed E-state index contributed by atoms with van der Waals surface area (Å²) in [6.07, 6.45) is 0. The van der Waals surface area contributed by atoms with E-state index in [-0.39, 0.29) is 12.4 Å². The van der Waals surface area contributed by atoms with Crippen molar-refractivity contribution in [2.45, 2.75) is 13.2 Å². The fraction of sp³-hybridized carbons (Fsp3) is 0.0952. The number of hydrogen-bond acceptors (Lipinski definition) is 2. The molecular weight excluding hydrogens is 331 g/mol. The number of amides is 1. The average Bonchev–Trinajstić information content (AvgIpc) is 2.95. The molecule has 0 spiro atoms. The summed E-state index contributed by atoms with van der Waals surface area (Å²) >= 11 is 0. The van der Waals surface area contributed by atoms with Gasteiger partial charge in [0.2, 0.25) is 5.91 Å². The number of carbonyl (C=O) groups excluding carboxylic acids is 1. The first-order valence-corrected chi connectivity index (χ1v) is 8.19. The van der Waals surface area contributed by atoms with Crippen molar-refractivity contribution in [3.05, 3.63) is 83.2 Å². The van der Waals surface area contributed by atoms with Crippen LogP contribution in [0.5, 0.6) is 0 Å². The van der Waals surface area contributed by atoms with E-state index in [2.05, 4.69) is 6.07 Å². The number of aromatic nitrogens is 1. The van der Waals surface area contributed by atoms with Crippen molar-refractivity contribution < 1.29 is 14.3 Å². The topological polar surface area (TPSA) is 68.2 Å². The predicted octanol–water partition coefficient (Wildman–Crippen LogP) is 3.37. The lowest BCUT2D eigenvalue weighted by atomic mass is 10.0. The quantitative estimate of drug-likeness (QED) is 0.594. The minimum atomic E-state index is -0.514. The van der Waals surface area contributed by atoms with E-state index >= 15 is 0 Å². The Morgan fingerprint density at radius 1 is 1.12 bits per heavy atom. The fourth-order valence-electron chi connectivity index (χ4n) is 3.38. The zero-order valence-corrected chi connectivity index (χ0v) is 13.9. The first-order valence-electron chi connectivity index (χ1n) is 8.19. The third kappa shape index (κ3) is 2.62. The van der Waals surface area contributed by atoms with E-state index in [1.54, 1.807) is 24.3 Å². The van der Waals surface area contributed by atoms with Crippen LogP contribution < -0.4 is 5.73 Å². The second kappa shape index (κ2) is 6.28. The van der Waals surface area contributed by atoms with Gasteiger partial charge in [-0.15, -0.1) is 0 Å². The number of nitrogens with two attached hydrogens (primary N) is 1. The second-order valence-electron chi connectivity index (χ2n) is 6.21. The molecule has 129 valence electrons. The Balaban J connectivity index is 2.05. The Hall–Kier alpha value is -3.18. The molecule has 0 atom stereocenters. The minimum Gasteiger partial charge on any atom is -0.392 e. The van der Waals surface area contributed by atoms with Crippen LogP contribution in [0, 0.1) is 11.9 Å². The van der Waals surface area contributed by atoms with Crippen LogP contribution in [0.2, 0.25) is 0 Å². The number of fused-ring (bicyclic) bond motifs is 3. The zero-order chi connectivity index (χ0) is 18.3. The van der Waals surface area contributed by atoms with Crippen LogP contribution in [0.3, 0.4) is 0 Å². The highest BCUT2D eigenvalue weighted by molar-refractivity contribution is 6.17. The molecule has 0 unspecified atom stereocenters. The van der Waals surface area contributed by atoms with Gasteiger partial charge in [-0.2, -0.15) is 0 Å². The van der Waals surface area contributed by atoms with Crippen molar-refractivity contribution >= 4 is 27.7 Å². The molecule has 3 aromatic carbocycles. The number of carbonyl (C=O) groups is 1. The molecule has 4 rings (SSSR count). The van der Waals surface area contributed by atoms with Crippen LogP contribution in [-0.2, 0) is 13.2 Å². The van der Waals surface area contributed by atoms with E-state index in [1.165, 1.54) is 12.1 Å². The van der Waals surface area contributed by atoms with Gasteiger partial charge in [0, 0.05) is 22.9 Å². The maximum Gasteiger partial charge on any atom is 0.249 e. The molecule has 3 N–H and O–H groups in total. The number of halogens is 1. The molecule has 1 amide bonds. The van der Waals surface area contributed by atoms with Crippen molar-refractivity contribution in [1.29, 1.82) is 0 Å². The Morgan fingerprint density at radius 2 is 1.92 bits per heavy atom. The molecule has 0 aliphatic carbocycles. The number of nitrogens with zero attached hydrogens (tertiary/aromatic N) is 1. The molecule has 0 aliphatic rings. The van der Waals surface area contributed by atoms with E-state index in [4.69, 9.17) is 5.73 Å². The zero-order valence-electron chi connectivity index (χ0n) is 13.9. The monoisotopic (exact) mass is 347 g/mol. The number of aliphatic hydroxyl groups is 1. The van der Waals surface area contributed by atoms with Crippen molar-refractivity contribution in [2.75, 3.05) is 0 Å². The molecule has 0 fully saturated rings. The molecule has 4 nitrogen and oxygen atoms in total. The minimum absolute atomic E-state index is 0.114. The lowest BCUT2D eigenvalue weighted by molar-refractivity contribution is 0.100. The molecular formula is C21H16FN2O2. The fourth-order valence-corrected chi connectivity index (χ4v) is 3.38. The maximum atomic E-state index is 13.6. The van der Waals surface area contributed by atoms with Crippen LogP contribution in [0.15, 0.2) is 54.6 Å². The van der Waals surface area contributed by atoms with Gasteiger partial charge < -0.3 is 15.4 Å².